The summed E-state index contributed by atoms with van der Waals surface area (Å²) in [4.78, 5) is 42.9. The molecule has 0 bridgehead atoms. The molecule has 2 fully saturated rings. The maximum atomic E-state index is 11.7. The van der Waals surface area contributed by atoms with Gasteiger partial charge in [-0.05, 0) is 47.5 Å². The number of rotatable bonds is 7. The first-order chi connectivity index (χ1) is 17.6. The van der Waals surface area contributed by atoms with Crippen molar-refractivity contribution in [3.05, 3.63) is 65.1 Å². The van der Waals surface area contributed by atoms with Gasteiger partial charge < -0.3 is 14.4 Å². The summed E-state index contributed by atoms with van der Waals surface area (Å²) in [5.74, 6) is 1.76. The Morgan fingerprint density at radius 1 is 1.06 bits per heavy atom. The molecule has 0 aliphatic carbocycles. The van der Waals surface area contributed by atoms with E-state index in [1.54, 1.807) is 36.4 Å². The normalized spacial score (nSPS) is 17.4. The predicted octanol–water partition coefficient (Wildman–Crippen LogP) is 3.99. The number of nitrogens with zero attached hydrogens (tertiary/aromatic N) is 5. The highest BCUT2D eigenvalue weighted by Crippen LogP contribution is 2.28. The summed E-state index contributed by atoms with van der Waals surface area (Å²) in [6.07, 6.45) is 9.45. The van der Waals surface area contributed by atoms with Gasteiger partial charge in [0.15, 0.2) is 0 Å². The van der Waals surface area contributed by atoms with Crippen LogP contribution in [0.3, 0.4) is 0 Å². The van der Waals surface area contributed by atoms with Gasteiger partial charge in [0.2, 0.25) is 17.7 Å². The average molecular weight is 505 g/mol. The highest BCUT2D eigenvalue weighted by atomic mass is 32.2. The number of hydrogen-bond acceptors (Lipinski definition) is 10. The summed E-state index contributed by atoms with van der Waals surface area (Å²) in [5, 5.41) is 1.87. The van der Waals surface area contributed by atoms with Crippen molar-refractivity contribution in [1.82, 2.24) is 25.3 Å². The van der Waals surface area contributed by atoms with Crippen LogP contribution in [0.1, 0.15) is 30.9 Å². The molecular weight excluding hydrogens is 480 g/mol. The van der Waals surface area contributed by atoms with E-state index >= 15 is 0 Å². The van der Waals surface area contributed by atoms with Crippen molar-refractivity contribution in [1.29, 1.82) is 0 Å². The molecule has 2 aliphatic heterocycles. The Bertz CT molecular complexity index is 1270. The molecule has 2 amide bonds. The van der Waals surface area contributed by atoms with Crippen molar-refractivity contribution in [2.24, 2.45) is 0 Å². The molecule has 2 saturated heterocycles. The van der Waals surface area contributed by atoms with Crippen LogP contribution in [0, 0.1) is 0 Å². The van der Waals surface area contributed by atoms with E-state index in [-0.39, 0.29) is 17.3 Å². The number of hydrogen-bond donors (Lipinski definition) is 1. The Hall–Kier alpha value is -3.99. The predicted molar refractivity (Wildman–Crippen MR) is 135 cm³/mol. The molecule has 0 atom stereocenters. The number of ether oxygens (including phenoxy) is 2. The van der Waals surface area contributed by atoms with Crippen LogP contribution in [0.4, 0.5) is 10.7 Å². The quantitative estimate of drug-likeness (QED) is 0.473. The minimum atomic E-state index is -0.386. The van der Waals surface area contributed by atoms with Gasteiger partial charge in [0.05, 0.1) is 11.0 Å². The average Bonchev–Trinajstić information content (AvgIpc) is 3.22. The summed E-state index contributed by atoms with van der Waals surface area (Å²) in [5.41, 5.74) is 1.90. The molecule has 3 aromatic rings. The molecule has 2 aliphatic rings. The highest BCUT2D eigenvalue weighted by molar-refractivity contribution is 8.18. The molecule has 5 rings (SSSR count). The summed E-state index contributed by atoms with van der Waals surface area (Å²) >= 11 is 0.882. The van der Waals surface area contributed by atoms with Gasteiger partial charge in [-0.2, -0.15) is 0 Å². The van der Waals surface area contributed by atoms with Crippen molar-refractivity contribution in [3.8, 4) is 17.5 Å². The number of aromatic nitrogens is 4. The number of carbonyl (C=O) groups excluding carboxylic acids is 2. The van der Waals surface area contributed by atoms with E-state index < -0.39 is 0 Å². The van der Waals surface area contributed by atoms with Crippen LogP contribution in [0.5, 0.6) is 17.5 Å². The fourth-order valence-corrected chi connectivity index (χ4v) is 4.49. The van der Waals surface area contributed by atoms with Crippen molar-refractivity contribution in [2.75, 3.05) is 18.0 Å². The molecule has 0 unspecified atom stereocenters. The highest BCUT2D eigenvalue weighted by Gasteiger charge is 2.25. The summed E-state index contributed by atoms with van der Waals surface area (Å²) in [7, 11) is 0. The lowest BCUT2D eigenvalue weighted by atomic mass is 10.1. The van der Waals surface area contributed by atoms with E-state index in [0.29, 0.717) is 22.4 Å². The molecule has 0 saturated carbocycles. The van der Waals surface area contributed by atoms with E-state index in [4.69, 9.17) is 9.47 Å². The van der Waals surface area contributed by atoms with Crippen LogP contribution in [0.2, 0.25) is 0 Å². The largest absolute Gasteiger partial charge is 0.474 e. The number of amides is 2. The number of imide groups is 1. The van der Waals surface area contributed by atoms with Crippen molar-refractivity contribution in [3.63, 3.8) is 0 Å². The number of anilines is 1. The van der Waals surface area contributed by atoms with Gasteiger partial charge in [-0.25, -0.2) is 19.9 Å². The fraction of sp³-hybridized carbons (Fsp3) is 0.280. The number of carbonyl (C=O) groups is 2. The maximum Gasteiger partial charge on any atom is 0.290 e. The van der Waals surface area contributed by atoms with Crippen LogP contribution in [-0.2, 0) is 11.2 Å². The van der Waals surface area contributed by atoms with Crippen molar-refractivity contribution in [2.45, 2.75) is 32.3 Å². The second kappa shape index (κ2) is 10.7. The molecule has 0 spiro atoms. The Labute approximate surface area is 212 Å². The summed E-state index contributed by atoms with van der Waals surface area (Å²) in [6.45, 7) is 3.70. The first-order valence-electron chi connectivity index (χ1n) is 11.6. The van der Waals surface area contributed by atoms with Gasteiger partial charge in [-0.1, -0.05) is 19.1 Å². The zero-order valence-corrected chi connectivity index (χ0v) is 20.4. The van der Waals surface area contributed by atoms with Gasteiger partial charge in [0.25, 0.3) is 11.1 Å². The minimum absolute atomic E-state index is 0.0313. The summed E-state index contributed by atoms with van der Waals surface area (Å²) in [6, 6.07) is 8.79. The number of thioether (sulfide) groups is 1. The zero-order valence-electron chi connectivity index (χ0n) is 19.6. The Balaban J connectivity index is 1.15. The number of aryl methyl sites for hydroxylation is 1. The van der Waals surface area contributed by atoms with Crippen molar-refractivity contribution >= 4 is 34.9 Å². The first kappa shape index (κ1) is 23.7. The summed E-state index contributed by atoms with van der Waals surface area (Å²) < 4.78 is 11.9. The van der Waals surface area contributed by atoms with E-state index in [2.05, 4.69) is 37.1 Å². The lowest BCUT2D eigenvalue weighted by Gasteiger charge is -2.31. The first-order valence-corrected chi connectivity index (χ1v) is 12.4. The third-order valence-corrected chi connectivity index (χ3v) is 6.58. The monoisotopic (exact) mass is 504 g/mol. The second-order valence-electron chi connectivity index (χ2n) is 8.27. The van der Waals surface area contributed by atoms with E-state index in [1.165, 1.54) is 6.33 Å². The standard InChI is InChI=1S/C25H24N6O4S/c1-2-16-13-26-24(27-14-16)31-9-7-19(8-10-31)35-22-12-21(28-15-29-22)34-18-5-3-17(4-6-18)11-20-23(32)30-25(33)36-20/h3-6,11-15,19H,2,7-10H2,1H3,(H,30,32,33)/b20-11-. The molecule has 36 heavy (non-hydrogen) atoms. The molecule has 2 aromatic heterocycles. The van der Waals surface area contributed by atoms with Gasteiger partial charge in [-0.3, -0.25) is 14.9 Å². The molecular formula is C25H24N6O4S. The molecule has 11 heteroatoms. The SMILES string of the molecule is CCc1cnc(N2CCC(Oc3cc(Oc4ccc(/C=C5\SC(=O)NC5=O)cc4)ncn3)CC2)nc1. The fourth-order valence-electron chi connectivity index (χ4n) is 3.81. The van der Waals surface area contributed by atoms with Crippen LogP contribution in [0.25, 0.3) is 6.08 Å². The van der Waals surface area contributed by atoms with Gasteiger partial charge in [-0.15, -0.1) is 0 Å². The number of piperidine rings is 1. The molecule has 1 N–H and O–H groups in total. The molecule has 1 aromatic carbocycles. The molecule has 0 radical (unpaired) electrons. The third-order valence-electron chi connectivity index (χ3n) is 5.77. The van der Waals surface area contributed by atoms with Crippen LogP contribution < -0.4 is 19.7 Å². The van der Waals surface area contributed by atoms with Crippen LogP contribution in [0.15, 0.2) is 54.0 Å². The number of nitrogens with one attached hydrogen (secondary N) is 1. The van der Waals surface area contributed by atoms with Crippen molar-refractivity contribution < 1.29 is 19.1 Å². The Morgan fingerprint density at radius 3 is 2.44 bits per heavy atom. The topological polar surface area (TPSA) is 119 Å². The maximum absolute atomic E-state index is 11.7. The lowest BCUT2D eigenvalue weighted by molar-refractivity contribution is -0.115. The second-order valence-corrected chi connectivity index (χ2v) is 9.28. The van der Waals surface area contributed by atoms with E-state index in [1.807, 2.05) is 12.4 Å². The smallest absolute Gasteiger partial charge is 0.290 e. The van der Waals surface area contributed by atoms with Crippen LogP contribution >= 0.6 is 11.8 Å². The van der Waals surface area contributed by atoms with Gasteiger partial charge in [0, 0.05) is 38.3 Å². The molecule has 4 heterocycles. The molecule has 184 valence electrons. The van der Waals surface area contributed by atoms with E-state index in [0.717, 1.165) is 61.2 Å². The van der Waals surface area contributed by atoms with Gasteiger partial charge in [0.1, 0.15) is 18.2 Å². The van der Waals surface area contributed by atoms with E-state index in [9.17, 15) is 9.59 Å². The Morgan fingerprint density at radius 2 is 1.78 bits per heavy atom. The van der Waals surface area contributed by atoms with Gasteiger partial charge >= 0.3 is 0 Å². The van der Waals surface area contributed by atoms with Crippen LogP contribution in [-0.4, -0.2) is 50.3 Å². The third kappa shape index (κ3) is 5.80. The molecule has 10 nitrogen and oxygen atoms in total. The zero-order chi connectivity index (χ0) is 24.9. The minimum Gasteiger partial charge on any atom is -0.474 e. The number of benzene rings is 1. The lowest BCUT2D eigenvalue weighted by Crippen LogP contribution is -2.39. The Kier molecular flexibility index (Phi) is 7.08.